The summed E-state index contributed by atoms with van der Waals surface area (Å²) in [6.07, 6.45) is 0. The second-order valence-corrected chi connectivity index (χ2v) is 19.4. The average Bonchev–Trinajstić information content (AvgIpc) is 4.29. The Morgan fingerprint density at radius 2 is 0.781 bits per heavy atom. The Kier molecular flexibility index (Phi) is 8.31. The quantitative estimate of drug-likeness (QED) is 0.173. The van der Waals surface area contributed by atoms with Gasteiger partial charge in [-0.25, -0.2) is 4.98 Å². The van der Waals surface area contributed by atoms with Crippen LogP contribution in [-0.2, 0) is 5.41 Å². The molecule has 0 fully saturated rings. The molecule has 2 aliphatic rings. The van der Waals surface area contributed by atoms with Gasteiger partial charge in [0.2, 0.25) is 5.95 Å². The summed E-state index contributed by atoms with van der Waals surface area (Å²) in [7, 11) is 0. The van der Waals surface area contributed by atoms with Crippen molar-refractivity contribution in [2.24, 2.45) is 0 Å². The van der Waals surface area contributed by atoms with Gasteiger partial charge in [-0.05, 0) is 103 Å². The highest BCUT2D eigenvalue weighted by atomic mass is 15.2. The van der Waals surface area contributed by atoms with Gasteiger partial charge in [-0.3, -0.25) is 4.57 Å². The second-order valence-electron chi connectivity index (χ2n) is 19.4. The summed E-state index contributed by atoms with van der Waals surface area (Å²) < 4.78 is 4.77. The maximum absolute atomic E-state index is 5.54. The lowest BCUT2D eigenvalue weighted by molar-refractivity contribution is 0.795. The fourth-order valence-corrected chi connectivity index (χ4v) is 12.9. The van der Waals surface area contributed by atoms with Crippen molar-refractivity contribution in [1.82, 2.24) is 24.1 Å². The highest BCUT2D eigenvalue weighted by Gasteiger charge is 2.54. The molecule has 0 atom stereocenters. The van der Waals surface area contributed by atoms with Crippen molar-refractivity contribution in [3.63, 3.8) is 0 Å². The monoisotopic (exact) mass is 927 g/mol. The highest BCUT2D eigenvalue weighted by Crippen LogP contribution is 2.66. The van der Waals surface area contributed by atoms with E-state index in [0.29, 0.717) is 17.6 Å². The zero-order chi connectivity index (χ0) is 47.8. The van der Waals surface area contributed by atoms with Crippen LogP contribution in [0.5, 0.6) is 0 Å². The number of rotatable bonds is 5. The molecule has 16 rings (SSSR count). The van der Waals surface area contributed by atoms with E-state index >= 15 is 0 Å². The van der Waals surface area contributed by atoms with Gasteiger partial charge in [0.1, 0.15) is 0 Å². The van der Waals surface area contributed by atoms with Crippen LogP contribution in [0.3, 0.4) is 0 Å². The van der Waals surface area contributed by atoms with Gasteiger partial charge in [-0.15, -0.1) is 0 Å². The molecule has 0 saturated carbocycles. The van der Waals surface area contributed by atoms with Crippen molar-refractivity contribution in [3.8, 4) is 67.8 Å². The molecule has 5 heteroatoms. The summed E-state index contributed by atoms with van der Waals surface area (Å²) in [5.41, 5.74) is 19.2. The van der Waals surface area contributed by atoms with Crippen molar-refractivity contribution in [2.45, 2.75) is 5.41 Å². The van der Waals surface area contributed by atoms with E-state index in [1.54, 1.807) is 0 Å². The molecule has 3 aromatic heterocycles. The maximum atomic E-state index is 5.54. The molecule has 0 unspecified atom stereocenters. The fourth-order valence-electron chi connectivity index (χ4n) is 12.9. The molecular formula is C68H41N5. The normalized spacial score (nSPS) is 13.0. The van der Waals surface area contributed by atoms with E-state index in [4.69, 9.17) is 15.0 Å². The van der Waals surface area contributed by atoms with Crippen molar-refractivity contribution < 1.29 is 0 Å². The lowest BCUT2D eigenvalue weighted by Crippen LogP contribution is -2.26. The van der Waals surface area contributed by atoms with Gasteiger partial charge in [-0.1, -0.05) is 206 Å². The Hall–Kier alpha value is -9.71. The maximum Gasteiger partial charge on any atom is 0.238 e. The van der Waals surface area contributed by atoms with Gasteiger partial charge in [0.05, 0.1) is 27.5 Å². The molecule has 2 aliphatic carbocycles. The number of hydrogen-bond acceptors (Lipinski definition) is 3. The number of nitrogens with zero attached hydrogens (tertiary/aromatic N) is 5. The van der Waals surface area contributed by atoms with E-state index < -0.39 is 5.41 Å². The number of aromatic nitrogens is 5. The number of fused-ring (bicyclic) bond motifs is 20. The first-order chi connectivity index (χ1) is 36.2. The second kappa shape index (κ2) is 15.1. The van der Waals surface area contributed by atoms with Gasteiger partial charge >= 0.3 is 0 Å². The summed E-state index contributed by atoms with van der Waals surface area (Å²) in [6, 6.07) is 90.4. The predicted molar refractivity (Wildman–Crippen MR) is 299 cm³/mol. The zero-order valence-electron chi connectivity index (χ0n) is 39.4. The van der Waals surface area contributed by atoms with E-state index in [1.807, 2.05) is 12.1 Å². The number of para-hydroxylation sites is 2. The first-order valence-electron chi connectivity index (χ1n) is 25.0. The molecule has 1 spiro atoms. The minimum absolute atomic E-state index is 0.568. The van der Waals surface area contributed by atoms with E-state index in [1.165, 1.54) is 82.5 Å². The molecule has 0 radical (unpaired) electrons. The first kappa shape index (κ1) is 40.1. The smallest absolute Gasteiger partial charge is 0.238 e. The zero-order valence-corrected chi connectivity index (χ0v) is 39.4. The largest absolute Gasteiger partial charge is 0.309 e. The molecule has 11 aromatic carbocycles. The highest BCUT2D eigenvalue weighted by molar-refractivity contribution is 6.28. The Bertz CT molecular complexity index is 4500. The Balaban J connectivity index is 1.07. The van der Waals surface area contributed by atoms with Crippen molar-refractivity contribution >= 4 is 54.4 Å². The van der Waals surface area contributed by atoms with Crippen LogP contribution in [0.1, 0.15) is 22.3 Å². The first-order valence-corrected chi connectivity index (χ1v) is 25.0. The van der Waals surface area contributed by atoms with Crippen LogP contribution >= 0.6 is 0 Å². The molecule has 0 aliphatic heterocycles. The van der Waals surface area contributed by atoms with Gasteiger partial charge in [0.25, 0.3) is 0 Å². The molecule has 338 valence electrons. The third-order valence-corrected chi connectivity index (χ3v) is 15.8. The summed E-state index contributed by atoms with van der Waals surface area (Å²) in [6.45, 7) is 0. The van der Waals surface area contributed by atoms with Crippen molar-refractivity contribution in [1.29, 1.82) is 0 Å². The van der Waals surface area contributed by atoms with Crippen molar-refractivity contribution in [3.05, 3.63) is 271 Å². The summed E-state index contributed by atoms with van der Waals surface area (Å²) in [5, 5.41) is 7.15. The van der Waals surface area contributed by atoms with Crippen LogP contribution in [-0.4, -0.2) is 24.1 Å². The third-order valence-electron chi connectivity index (χ3n) is 15.8. The standard InChI is InChI=1S/C68H41N5/c1-4-20-42(21-5-1)65-69-66(43-22-6-2-7-23-43)71-67(70-65)73-60-39-37-45(44-36-38-59-53(40-44)49-28-15-19-35-58(49)72(59)46-24-8-3-9-25-46)41-54(60)62-51-30-11-10-29-50(51)61-52-31-14-18-34-57(52)68(63(61)64(62)73)55-32-16-12-26-47(55)48-27-13-17-33-56(48)68/h1-41H. The van der Waals surface area contributed by atoms with Crippen LogP contribution in [0, 0.1) is 0 Å². The SMILES string of the molecule is c1ccc(-c2nc(-c3ccccc3)nc(-n3c4ccc(-c5ccc6c(c5)c5ccccc5n6-c5ccccc5)cc4c4c5ccccc5c5c(c43)C3(c4ccccc4-c4ccccc43)c3ccccc3-5)n2)cc1. The molecule has 14 aromatic rings. The molecular weight excluding hydrogens is 887 g/mol. The van der Waals surface area contributed by atoms with E-state index in [9.17, 15) is 0 Å². The van der Waals surface area contributed by atoms with E-state index in [2.05, 4.69) is 246 Å². The van der Waals surface area contributed by atoms with Crippen LogP contribution in [0.25, 0.3) is 122 Å². The van der Waals surface area contributed by atoms with Crippen LogP contribution in [0.4, 0.5) is 0 Å². The Morgan fingerprint density at radius 3 is 1.41 bits per heavy atom. The number of benzene rings is 11. The van der Waals surface area contributed by atoms with E-state index in [-0.39, 0.29) is 0 Å². The molecule has 0 bridgehead atoms. The van der Waals surface area contributed by atoms with E-state index in [0.717, 1.165) is 44.4 Å². The lowest BCUT2D eigenvalue weighted by Gasteiger charge is -2.31. The molecule has 3 heterocycles. The van der Waals surface area contributed by atoms with Gasteiger partial charge in [-0.2, -0.15) is 9.97 Å². The number of hydrogen-bond donors (Lipinski definition) is 0. The Morgan fingerprint density at radius 1 is 0.315 bits per heavy atom. The summed E-state index contributed by atoms with van der Waals surface area (Å²) >= 11 is 0. The fraction of sp³-hybridized carbons (Fsp3) is 0.0147. The molecule has 0 saturated heterocycles. The van der Waals surface area contributed by atoms with Crippen LogP contribution < -0.4 is 0 Å². The summed E-state index contributed by atoms with van der Waals surface area (Å²) in [4.78, 5) is 16.3. The van der Waals surface area contributed by atoms with Crippen LogP contribution in [0.15, 0.2) is 249 Å². The van der Waals surface area contributed by atoms with Gasteiger partial charge in [0.15, 0.2) is 11.6 Å². The minimum Gasteiger partial charge on any atom is -0.309 e. The predicted octanol–water partition coefficient (Wildman–Crippen LogP) is 16.6. The molecule has 73 heavy (non-hydrogen) atoms. The minimum atomic E-state index is -0.661. The molecule has 0 amide bonds. The topological polar surface area (TPSA) is 48.5 Å². The Labute approximate surface area is 420 Å². The average molecular weight is 928 g/mol. The van der Waals surface area contributed by atoms with Crippen molar-refractivity contribution in [2.75, 3.05) is 0 Å². The molecule has 5 nitrogen and oxygen atoms in total. The third kappa shape index (κ3) is 5.48. The van der Waals surface area contributed by atoms with Gasteiger partial charge in [0, 0.05) is 43.9 Å². The van der Waals surface area contributed by atoms with Crippen LogP contribution in [0.2, 0.25) is 0 Å². The lowest BCUT2D eigenvalue weighted by atomic mass is 9.70. The summed E-state index contributed by atoms with van der Waals surface area (Å²) in [5.74, 6) is 1.80. The van der Waals surface area contributed by atoms with Gasteiger partial charge < -0.3 is 4.57 Å². The molecule has 0 N–H and O–H groups in total.